The second kappa shape index (κ2) is 6.50. The van der Waals surface area contributed by atoms with Crippen LogP contribution in [0.5, 0.6) is 0 Å². The van der Waals surface area contributed by atoms with E-state index in [4.69, 9.17) is 5.73 Å². The normalized spacial score (nSPS) is 17.8. The maximum Gasteiger partial charge on any atom is 0.269 e. The fourth-order valence-corrected chi connectivity index (χ4v) is 4.03. The van der Waals surface area contributed by atoms with Crippen molar-refractivity contribution >= 4 is 15.7 Å². The van der Waals surface area contributed by atoms with Crippen LogP contribution in [0.2, 0.25) is 0 Å². The van der Waals surface area contributed by atoms with Crippen LogP contribution >= 0.6 is 0 Å². The highest BCUT2D eigenvalue weighted by Crippen LogP contribution is 2.26. The van der Waals surface area contributed by atoms with Crippen LogP contribution in [-0.4, -0.2) is 37.3 Å². The van der Waals surface area contributed by atoms with Gasteiger partial charge in [0.05, 0.1) is 9.82 Å². The molecule has 7 nitrogen and oxygen atoms in total. The van der Waals surface area contributed by atoms with Crippen LogP contribution in [0.25, 0.3) is 0 Å². The highest BCUT2D eigenvalue weighted by Gasteiger charge is 2.29. The minimum absolute atomic E-state index is 0.102. The number of nitrogens with zero attached hydrogens (tertiary/aromatic N) is 2. The second-order valence-electron chi connectivity index (χ2n) is 5.18. The third-order valence-electron chi connectivity index (χ3n) is 3.83. The zero-order valence-electron chi connectivity index (χ0n) is 11.6. The Bertz CT molecular complexity index is 592. The maximum atomic E-state index is 12.5. The Labute approximate surface area is 123 Å². The van der Waals surface area contributed by atoms with E-state index in [-0.39, 0.29) is 10.6 Å². The van der Waals surface area contributed by atoms with E-state index in [0.29, 0.717) is 25.6 Å². The predicted octanol–water partition coefficient (Wildman–Crippen LogP) is 1.34. The van der Waals surface area contributed by atoms with Crippen molar-refractivity contribution in [3.63, 3.8) is 0 Å². The van der Waals surface area contributed by atoms with Gasteiger partial charge in [0, 0.05) is 25.2 Å². The van der Waals surface area contributed by atoms with E-state index in [1.807, 2.05) is 0 Å². The smallest absolute Gasteiger partial charge is 0.269 e. The number of nitrogens with two attached hydrogens (primary N) is 1. The van der Waals surface area contributed by atoms with Crippen LogP contribution in [-0.2, 0) is 10.0 Å². The van der Waals surface area contributed by atoms with Crippen molar-refractivity contribution in [2.24, 2.45) is 11.7 Å². The summed E-state index contributed by atoms with van der Waals surface area (Å²) in [6.45, 7) is 1.58. The van der Waals surface area contributed by atoms with Gasteiger partial charge >= 0.3 is 0 Å². The number of sulfonamides is 1. The number of hydrogen-bond acceptors (Lipinski definition) is 5. The fraction of sp³-hybridized carbons (Fsp3) is 0.538. The second-order valence-corrected chi connectivity index (χ2v) is 7.11. The van der Waals surface area contributed by atoms with Crippen LogP contribution < -0.4 is 5.73 Å². The van der Waals surface area contributed by atoms with Crippen molar-refractivity contribution in [2.75, 3.05) is 19.6 Å². The van der Waals surface area contributed by atoms with Crippen molar-refractivity contribution in [1.29, 1.82) is 0 Å². The van der Waals surface area contributed by atoms with E-state index in [0.717, 1.165) is 19.3 Å². The summed E-state index contributed by atoms with van der Waals surface area (Å²) < 4.78 is 26.4. The summed E-state index contributed by atoms with van der Waals surface area (Å²) in [6.07, 6.45) is 2.54. The van der Waals surface area contributed by atoms with Crippen LogP contribution in [0.15, 0.2) is 29.2 Å². The van der Waals surface area contributed by atoms with Crippen LogP contribution in [0.4, 0.5) is 5.69 Å². The molecule has 116 valence electrons. The molecule has 1 aliphatic rings. The molecule has 0 atom stereocenters. The summed E-state index contributed by atoms with van der Waals surface area (Å²) in [5, 5.41) is 10.6. The first kappa shape index (κ1) is 15.9. The predicted molar refractivity (Wildman–Crippen MR) is 78.3 cm³/mol. The molecule has 1 aromatic rings. The number of rotatable bonds is 5. The summed E-state index contributed by atoms with van der Waals surface area (Å²) in [4.78, 5) is 10.2. The zero-order chi connectivity index (χ0) is 15.5. The zero-order valence-corrected chi connectivity index (χ0v) is 12.5. The molecule has 0 saturated carbocycles. The van der Waals surface area contributed by atoms with Gasteiger partial charge in [-0.3, -0.25) is 10.1 Å². The van der Waals surface area contributed by atoms with Crippen LogP contribution in [0.3, 0.4) is 0 Å². The molecule has 0 aliphatic carbocycles. The first-order valence-electron chi connectivity index (χ1n) is 6.90. The first-order chi connectivity index (χ1) is 9.95. The van der Waals surface area contributed by atoms with Gasteiger partial charge in [0.15, 0.2) is 0 Å². The SMILES string of the molecule is NCCC1CCN(S(=O)(=O)c2ccc([N+](=O)[O-])cc2)CC1. The minimum atomic E-state index is -3.56. The van der Waals surface area contributed by atoms with E-state index >= 15 is 0 Å². The Balaban J connectivity index is 2.10. The molecule has 1 saturated heterocycles. The number of nitro benzene ring substituents is 1. The van der Waals surface area contributed by atoms with E-state index in [2.05, 4.69) is 0 Å². The Morgan fingerprint density at radius 2 is 1.81 bits per heavy atom. The number of nitro groups is 1. The summed E-state index contributed by atoms with van der Waals surface area (Å²) >= 11 is 0. The van der Waals surface area contributed by atoms with E-state index in [9.17, 15) is 18.5 Å². The highest BCUT2D eigenvalue weighted by molar-refractivity contribution is 7.89. The monoisotopic (exact) mass is 313 g/mol. The highest BCUT2D eigenvalue weighted by atomic mass is 32.2. The van der Waals surface area contributed by atoms with Crippen molar-refractivity contribution < 1.29 is 13.3 Å². The molecular formula is C13H19N3O4S. The number of benzene rings is 1. The lowest BCUT2D eigenvalue weighted by Crippen LogP contribution is -2.38. The summed E-state index contributed by atoms with van der Waals surface area (Å²) in [5.74, 6) is 0.485. The van der Waals surface area contributed by atoms with Gasteiger partial charge in [-0.2, -0.15) is 4.31 Å². The molecule has 1 fully saturated rings. The topological polar surface area (TPSA) is 107 Å². The van der Waals surface area contributed by atoms with Crippen molar-refractivity contribution in [1.82, 2.24) is 4.31 Å². The lowest BCUT2D eigenvalue weighted by molar-refractivity contribution is -0.384. The largest absolute Gasteiger partial charge is 0.330 e. The molecule has 0 amide bonds. The molecular weight excluding hydrogens is 294 g/mol. The van der Waals surface area contributed by atoms with Gasteiger partial charge in [-0.05, 0) is 43.9 Å². The van der Waals surface area contributed by atoms with Gasteiger partial charge in [0.25, 0.3) is 5.69 Å². The van der Waals surface area contributed by atoms with Gasteiger partial charge < -0.3 is 5.73 Å². The van der Waals surface area contributed by atoms with Crippen molar-refractivity contribution in [3.8, 4) is 0 Å². The molecule has 0 radical (unpaired) electrons. The van der Waals surface area contributed by atoms with Crippen molar-refractivity contribution in [2.45, 2.75) is 24.2 Å². The molecule has 0 spiro atoms. The molecule has 8 heteroatoms. The molecule has 0 aromatic heterocycles. The molecule has 1 aromatic carbocycles. The molecule has 21 heavy (non-hydrogen) atoms. The standard InChI is InChI=1S/C13H19N3O4S/c14-8-5-11-6-9-15(10-7-11)21(19,20)13-3-1-12(2-4-13)16(17)18/h1-4,11H,5-10,14H2. The lowest BCUT2D eigenvalue weighted by Gasteiger charge is -2.31. The molecule has 2 rings (SSSR count). The summed E-state index contributed by atoms with van der Waals surface area (Å²) in [7, 11) is -3.56. The Kier molecular flexibility index (Phi) is 4.92. The van der Waals surface area contributed by atoms with Gasteiger partial charge in [0.2, 0.25) is 10.0 Å². The van der Waals surface area contributed by atoms with Crippen molar-refractivity contribution in [3.05, 3.63) is 34.4 Å². The molecule has 0 bridgehead atoms. The average Bonchev–Trinajstić information content (AvgIpc) is 2.48. The lowest BCUT2D eigenvalue weighted by atomic mass is 9.95. The molecule has 1 heterocycles. The Morgan fingerprint density at radius 1 is 1.24 bits per heavy atom. The minimum Gasteiger partial charge on any atom is -0.330 e. The first-order valence-corrected chi connectivity index (χ1v) is 8.34. The number of hydrogen-bond donors (Lipinski definition) is 1. The Morgan fingerprint density at radius 3 is 2.29 bits per heavy atom. The summed E-state index contributed by atoms with van der Waals surface area (Å²) in [5.41, 5.74) is 5.41. The Hall–Kier alpha value is -1.51. The third-order valence-corrected chi connectivity index (χ3v) is 5.75. The third kappa shape index (κ3) is 3.58. The van der Waals surface area contributed by atoms with Gasteiger partial charge in [-0.25, -0.2) is 8.42 Å². The number of non-ortho nitro benzene ring substituents is 1. The quantitative estimate of drug-likeness (QED) is 0.652. The average molecular weight is 313 g/mol. The van der Waals surface area contributed by atoms with E-state index in [1.54, 1.807) is 0 Å². The van der Waals surface area contributed by atoms with Gasteiger partial charge in [0.1, 0.15) is 0 Å². The molecule has 2 N–H and O–H groups in total. The van der Waals surface area contributed by atoms with Crippen LogP contribution in [0, 0.1) is 16.0 Å². The molecule has 1 aliphatic heterocycles. The maximum absolute atomic E-state index is 12.5. The fourth-order valence-electron chi connectivity index (χ4n) is 2.56. The van der Waals surface area contributed by atoms with Gasteiger partial charge in [-0.15, -0.1) is 0 Å². The summed E-state index contributed by atoms with van der Waals surface area (Å²) in [6, 6.07) is 5.01. The van der Waals surface area contributed by atoms with Crippen LogP contribution in [0.1, 0.15) is 19.3 Å². The molecule has 0 unspecified atom stereocenters. The number of piperidine rings is 1. The van der Waals surface area contributed by atoms with E-state index in [1.165, 1.54) is 28.6 Å². The van der Waals surface area contributed by atoms with Gasteiger partial charge in [-0.1, -0.05) is 0 Å². The van der Waals surface area contributed by atoms with E-state index < -0.39 is 14.9 Å².